The van der Waals surface area contributed by atoms with Crippen LogP contribution >= 0.6 is 0 Å². The monoisotopic (exact) mass is 146 g/mol. The van der Waals surface area contributed by atoms with Crippen LogP contribution in [0.25, 0.3) is 0 Å². The molecule has 0 atom stereocenters. The van der Waals surface area contributed by atoms with Gasteiger partial charge in [-0.3, -0.25) is 5.26 Å². The summed E-state index contributed by atoms with van der Waals surface area (Å²) in [4.78, 5) is 7.52. The fraction of sp³-hybridized carbons (Fsp3) is 0.333. The molecule has 10 heavy (non-hydrogen) atoms. The molecule has 0 aromatic heterocycles. The Balaban J connectivity index is 3.78. The van der Waals surface area contributed by atoms with Gasteiger partial charge in [0.2, 0.25) is 0 Å². The van der Waals surface area contributed by atoms with Gasteiger partial charge >= 0.3 is 0 Å². The first-order chi connectivity index (χ1) is 4.85. The van der Waals surface area contributed by atoms with Crippen molar-refractivity contribution in [3.63, 3.8) is 0 Å². The molecule has 0 rings (SSSR count). The van der Waals surface area contributed by atoms with Gasteiger partial charge in [0.1, 0.15) is 6.61 Å². The third-order valence-electron chi connectivity index (χ3n) is 0.799. The van der Waals surface area contributed by atoms with E-state index >= 15 is 0 Å². The lowest BCUT2D eigenvalue weighted by molar-refractivity contribution is -0.268. The quantitative estimate of drug-likeness (QED) is 0.272. The zero-order valence-corrected chi connectivity index (χ0v) is 5.65. The average molecular weight is 146 g/mol. The molecule has 4 heteroatoms. The number of rotatable bonds is 4. The molecule has 0 fully saturated rings. The van der Waals surface area contributed by atoms with Gasteiger partial charge in [0.25, 0.3) is 0 Å². The van der Waals surface area contributed by atoms with Crippen LogP contribution in [-0.2, 0) is 9.78 Å². The Labute approximate surface area is 58.9 Å². The maximum absolute atomic E-state index is 8.09. The van der Waals surface area contributed by atoms with Gasteiger partial charge in [-0.2, -0.15) is 0 Å². The van der Waals surface area contributed by atoms with E-state index in [-0.39, 0.29) is 12.4 Å². The average Bonchev–Trinajstić information content (AvgIpc) is 1.98. The van der Waals surface area contributed by atoms with Crippen LogP contribution in [0.2, 0.25) is 0 Å². The lowest BCUT2D eigenvalue weighted by Crippen LogP contribution is -1.96. The Bertz CT molecular complexity index is 128. The first-order valence-corrected chi connectivity index (χ1v) is 2.74. The van der Waals surface area contributed by atoms with Crippen LogP contribution in [0.5, 0.6) is 0 Å². The summed E-state index contributed by atoms with van der Waals surface area (Å²) in [6, 6.07) is 0. The fourth-order valence-electron chi connectivity index (χ4n) is 0.372. The summed E-state index contributed by atoms with van der Waals surface area (Å²) < 4.78 is 0. The predicted molar refractivity (Wildman–Crippen MR) is 35.2 cm³/mol. The van der Waals surface area contributed by atoms with Crippen LogP contribution in [-0.4, -0.2) is 17.1 Å². The van der Waals surface area contributed by atoms with Gasteiger partial charge in [0, 0.05) is 0 Å². The van der Waals surface area contributed by atoms with Gasteiger partial charge in [-0.25, -0.2) is 10.1 Å². The third kappa shape index (κ3) is 4.08. The van der Waals surface area contributed by atoms with Crippen molar-refractivity contribution in [2.75, 3.05) is 6.61 Å². The molecule has 0 unspecified atom stereocenters. The molecule has 0 aromatic carbocycles. The molecular weight excluding hydrogens is 136 g/mol. The molecule has 0 saturated heterocycles. The van der Waals surface area contributed by atoms with E-state index in [0.717, 1.165) is 0 Å². The Morgan fingerprint density at radius 2 is 2.20 bits per heavy atom. The molecule has 0 spiro atoms. The third-order valence-corrected chi connectivity index (χ3v) is 0.799. The first kappa shape index (κ1) is 9.16. The van der Waals surface area contributed by atoms with Crippen molar-refractivity contribution in [3.05, 3.63) is 24.0 Å². The molecule has 4 nitrogen and oxygen atoms in total. The zero-order valence-electron chi connectivity index (χ0n) is 5.65. The molecular formula is C6H10O4. The Kier molecular flexibility index (Phi) is 5.75. The maximum Gasteiger partial charge on any atom is 0.171 e. The lowest BCUT2D eigenvalue weighted by atomic mass is 10.4. The summed E-state index contributed by atoms with van der Waals surface area (Å²) >= 11 is 0. The van der Waals surface area contributed by atoms with Crippen LogP contribution in [0.15, 0.2) is 24.0 Å². The summed E-state index contributed by atoms with van der Waals surface area (Å²) in [5.74, 6) is 0.139. The van der Waals surface area contributed by atoms with E-state index in [0.29, 0.717) is 0 Å². The second kappa shape index (κ2) is 6.28. The van der Waals surface area contributed by atoms with Gasteiger partial charge in [-0.05, 0) is 13.0 Å². The maximum atomic E-state index is 8.09. The van der Waals surface area contributed by atoms with Crippen molar-refractivity contribution in [3.8, 4) is 0 Å². The van der Waals surface area contributed by atoms with E-state index in [1.54, 1.807) is 12.2 Å². The lowest BCUT2D eigenvalue weighted by Gasteiger charge is -1.97. The van der Waals surface area contributed by atoms with Gasteiger partial charge in [-0.1, -0.05) is 12.2 Å². The van der Waals surface area contributed by atoms with Crippen LogP contribution in [0.1, 0.15) is 6.92 Å². The molecule has 0 heterocycles. The second-order valence-electron chi connectivity index (χ2n) is 1.52. The van der Waals surface area contributed by atoms with Crippen LogP contribution in [0, 0.1) is 0 Å². The molecule has 58 valence electrons. The van der Waals surface area contributed by atoms with Crippen molar-refractivity contribution >= 4 is 0 Å². The second-order valence-corrected chi connectivity index (χ2v) is 1.52. The van der Waals surface area contributed by atoms with Gasteiger partial charge in [0.15, 0.2) is 5.76 Å². The topological polar surface area (TPSA) is 58.9 Å². The molecule has 0 aromatic rings. The zero-order chi connectivity index (χ0) is 7.82. The summed E-state index contributed by atoms with van der Waals surface area (Å²) in [7, 11) is 0. The van der Waals surface area contributed by atoms with Crippen molar-refractivity contribution in [2.24, 2.45) is 0 Å². The number of hydrogen-bond acceptors (Lipinski definition) is 4. The molecule has 0 aliphatic rings. The largest absolute Gasteiger partial charge is 0.342 e. The van der Waals surface area contributed by atoms with Crippen molar-refractivity contribution < 1.29 is 20.3 Å². The van der Waals surface area contributed by atoms with Gasteiger partial charge in [-0.15, -0.1) is 0 Å². The van der Waals surface area contributed by atoms with E-state index in [4.69, 9.17) is 10.5 Å². The minimum atomic E-state index is -0.166. The van der Waals surface area contributed by atoms with Crippen molar-refractivity contribution in [1.29, 1.82) is 0 Å². The minimum Gasteiger partial charge on any atom is -0.342 e. The van der Waals surface area contributed by atoms with Crippen LogP contribution in [0.3, 0.4) is 0 Å². The minimum absolute atomic E-state index is 0.139. The SMILES string of the molecule is CC=CC=C(COO)OO. The Morgan fingerprint density at radius 3 is 2.60 bits per heavy atom. The highest BCUT2D eigenvalue weighted by Crippen LogP contribution is 1.94. The fourth-order valence-corrected chi connectivity index (χ4v) is 0.372. The standard InChI is InChI=1S/C6H10O4/c1-2-3-4-6(10-8)5-9-7/h2-4,7-8H,5H2,1H3. The highest BCUT2D eigenvalue weighted by atomic mass is 17.1. The molecule has 0 radical (unpaired) electrons. The van der Waals surface area contributed by atoms with E-state index in [1.807, 2.05) is 6.92 Å². The van der Waals surface area contributed by atoms with Crippen molar-refractivity contribution in [2.45, 2.75) is 6.92 Å². The van der Waals surface area contributed by atoms with E-state index in [9.17, 15) is 0 Å². The van der Waals surface area contributed by atoms with E-state index in [1.165, 1.54) is 6.08 Å². The van der Waals surface area contributed by atoms with Crippen LogP contribution < -0.4 is 0 Å². The van der Waals surface area contributed by atoms with E-state index in [2.05, 4.69) is 9.78 Å². The molecule has 0 bridgehead atoms. The van der Waals surface area contributed by atoms with Crippen molar-refractivity contribution in [1.82, 2.24) is 0 Å². The number of allylic oxidation sites excluding steroid dienone is 3. The Hall–Kier alpha value is -0.840. The predicted octanol–water partition coefficient (Wildman–Crippen LogP) is 1.43. The molecule has 0 aliphatic heterocycles. The summed E-state index contributed by atoms with van der Waals surface area (Å²) in [5, 5.41) is 16.0. The molecule has 0 saturated carbocycles. The molecule has 0 aliphatic carbocycles. The molecule has 0 amide bonds. The first-order valence-electron chi connectivity index (χ1n) is 2.74. The summed E-state index contributed by atoms with van der Waals surface area (Å²) in [6.07, 6.45) is 4.86. The van der Waals surface area contributed by atoms with Gasteiger partial charge in [0.05, 0.1) is 0 Å². The van der Waals surface area contributed by atoms with Crippen LogP contribution in [0.4, 0.5) is 0 Å². The highest BCUT2D eigenvalue weighted by Gasteiger charge is 1.93. The summed E-state index contributed by atoms with van der Waals surface area (Å²) in [6.45, 7) is 1.64. The smallest absolute Gasteiger partial charge is 0.171 e. The normalized spacial score (nSPS) is 12.5. The highest BCUT2D eigenvalue weighted by molar-refractivity contribution is 5.06. The van der Waals surface area contributed by atoms with E-state index < -0.39 is 0 Å². The van der Waals surface area contributed by atoms with Gasteiger partial charge < -0.3 is 4.89 Å². The Morgan fingerprint density at radius 1 is 1.50 bits per heavy atom. The summed E-state index contributed by atoms with van der Waals surface area (Å²) in [5.41, 5.74) is 0. The molecule has 2 N–H and O–H groups in total. The number of hydrogen-bond donors (Lipinski definition) is 2.